The number of Topliss-reactive ketones (excluding diaryl/α,β-unsaturated/α-hetero) is 1. The van der Waals surface area contributed by atoms with Gasteiger partial charge in [0.2, 0.25) is 5.75 Å². The lowest BCUT2D eigenvalue weighted by Crippen LogP contribution is -2.41. The summed E-state index contributed by atoms with van der Waals surface area (Å²) in [6.45, 7) is 4.11. The lowest BCUT2D eigenvalue weighted by molar-refractivity contribution is -0.385. The van der Waals surface area contributed by atoms with Gasteiger partial charge in [0.05, 0.1) is 16.7 Å². The van der Waals surface area contributed by atoms with Crippen molar-refractivity contribution in [2.45, 2.75) is 32.5 Å². The summed E-state index contributed by atoms with van der Waals surface area (Å²) in [7, 11) is 0.720. The standard InChI is InChI=1S/C22H18F4N4O7/c1-11(31)21(2,3)37-19-15(6-5-7-27-19)36-16-9-13(12(23)8-14(16)30(34)35)29-18(32)10-17(22(24,25)26)28(4)20(29)33/h5-10H,1-4H3. The van der Waals surface area contributed by atoms with Crippen LogP contribution in [0.5, 0.6) is 17.4 Å². The molecule has 37 heavy (non-hydrogen) atoms. The zero-order valence-electron chi connectivity index (χ0n) is 19.6. The fourth-order valence-corrected chi connectivity index (χ4v) is 3.01. The first kappa shape index (κ1) is 27.0. The topological polar surface area (TPSA) is 136 Å². The van der Waals surface area contributed by atoms with Crippen molar-refractivity contribution in [2.75, 3.05) is 0 Å². The normalized spacial score (nSPS) is 11.8. The van der Waals surface area contributed by atoms with Gasteiger partial charge in [-0.1, -0.05) is 0 Å². The molecule has 2 aromatic heterocycles. The third-order valence-electron chi connectivity index (χ3n) is 5.23. The molecule has 0 amide bonds. The molecule has 0 saturated heterocycles. The molecule has 1 aromatic carbocycles. The molecule has 0 N–H and O–H groups in total. The Morgan fingerprint density at radius 3 is 2.35 bits per heavy atom. The number of pyridine rings is 1. The molecular formula is C22H18F4N4O7. The highest BCUT2D eigenvalue weighted by molar-refractivity contribution is 5.84. The van der Waals surface area contributed by atoms with Crippen molar-refractivity contribution in [3.63, 3.8) is 0 Å². The van der Waals surface area contributed by atoms with Crippen LogP contribution in [0, 0.1) is 15.9 Å². The molecule has 0 fully saturated rings. The van der Waals surface area contributed by atoms with Gasteiger partial charge in [-0.3, -0.25) is 24.3 Å². The van der Waals surface area contributed by atoms with Crippen LogP contribution in [0.2, 0.25) is 0 Å². The Morgan fingerprint density at radius 2 is 1.78 bits per heavy atom. The number of carbonyl (C=O) groups is 1. The van der Waals surface area contributed by atoms with E-state index >= 15 is 0 Å². The number of carbonyl (C=O) groups excluding carboxylic acids is 1. The largest absolute Gasteiger partial charge is 0.461 e. The summed E-state index contributed by atoms with van der Waals surface area (Å²) >= 11 is 0. The molecule has 0 aliphatic carbocycles. The Bertz CT molecular complexity index is 1530. The van der Waals surface area contributed by atoms with Gasteiger partial charge in [0.1, 0.15) is 5.69 Å². The van der Waals surface area contributed by atoms with Crippen LogP contribution in [0.4, 0.5) is 23.2 Å². The number of aromatic nitrogens is 3. The number of benzene rings is 1. The van der Waals surface area contributed by atoms with Crippen LogP contribution in [0.1, 0.15) is 26.5 Å². The van der Waals surface area contributed by atoms with Gasteiger partial charge >= 0.3 is 17.6 Å². The van der Waals surface area contributed by atoms with Crippen molar-refractivity contribution in [3.8, 4) is 23.1 Å². The summed E-state index contributed by atoms with van der Waals surface area (Å²) < 4.78 is 65.6. The number of nitro benzene ring substituents is 1. The van der Waals surface area contributed by atoms with Gasteiger partial charge in [0.15, 0.2) is 23.0 Å². The molecule has 11 nitrogen and oxygen atoms in total. The Kier molecular flexibility index (Phi) is 6.93. The van der Waals surface area contributed by atoms with Crippen LogP contribution in [0.15, 0.2) is 46.1 Å². The van der Waals surface area contributed by atoms with Crippen LogP contribution in [-0.2, 0) is 18.0 Å². The average molecular weight is 526 g/mol. The van der Waals surface area contributed by atoms with E-state index in [0.29, 0.717) is 12.1 Å². The third-order valence-corrected chi connectivity index (χ3v) is 5.23. The molecule has 0 radical (unpaired) electrons. The molecule has 0 saturated carbocycles. The molecule has 0 spiro atoms. The first-order valence-electron chi connectivity index (χ1n) is 10.3. The molecule has 196 valence electrons. The number of rotatable bonds is 7. The van der Waals surface area contributed by atoms with Crippen molar-refractivity contribution in [2.24, 2.45) is 7.05 Å². The fourth-order valence-electron chi connectivity index (χ4n) is 3.01. The highest BCUT2D eigenvalue weighted by Gasteiger charge is 2.35. The molecule has 0 bridgehead atoms. The van der Waals surface area contributed by atoms with E-state index in [0.717, 1.165) is 7.05 Å². The van der Waals surface area contributed by atoms with Crippen LogP contribution >= 0.6 is 0 Å². The summed E-state index contributed by atoms with van der Waals surface area (Å²) in [5.41, 5.74) is -7.92. The summed E-state index contributed by atoms with van der Waals surface area (Å²) in [4.78, 5) is 51.3. The number of ether oxygens (including phenoxy) is 2. The second-order valence-corrected chi connectivity index (χ2v) is 8.15. The number of hydrogen-bond acceptors (Lipinski definition) is 8. The minimum absolute atomic E-state index is 0.0701. The maximum Gasteiger partial charge on any atom is 0.431 e. The Morgan fingerprint density at radius 1 is 1.14 bits per heavy atom. The van der Waals surface area contributed by atoms with Crippen LogP contribution < -0.4 is 20.7 Å². The lowest BCUT2D eigenvalue weighted by atomic mass is 10.1. The fraction of sp³-hybridized carbons (Fsp3) is 0.273. The zero-order chi connectivity index (χ0) is 27.9. The van der Waals surface area contributed by atoms with Crippen LogP contribution in [0.25, 0.3) is 5.69 Å². The summed E-state index contributed by atoms with van der Waals surface area (Å²) in [6.07, 6.45) is -3.78. The number of halogens is 4. The lowest BCUT2D eigenvalue weighted by Gasteiger charge is -2.23. The average Bonchev–Trinajstić information content (AvgIpc) is 2.78. The number of nitro groups is 1. The number of alkyl halides is 3. The van der Waals surface area contributed by atoms with E-state index in [1.165, 1.54) is 39.1 Å². The molecule has 0 aliphatic rings. The van der Waals surface area contributed by atoms with Crippen molar-refractivity contribution in [1.29, 1.82) is 0 Å². The predicted molar refractivity (Wildman–Crippen MR) is 119 cm³/mol. The zero-order valence-corrected chi connectivity index (χ0v) is 19.6. The third kappa shape index (κ3) is 5.34. The van der Waals surface area contributed by atoms with E-state index in [2.05, 4.69) is 4.98 Å². The summed E-state index contributed by atoms with van der Waals surface area (Å²) in [5.74, 6) is -3.08. The van der Waals surface area contributed by atoms with E-state index in [4.69, 9.17) is 9.47 Å². The highest BCUT2D eigenvalue weighted by atomic mass is 19.4. The predicted octanol–water partition coefficient (Wildman–Crippen LogP) is 3.54. The van der Waals surface area contributed by atoms with E-state index in [1.54, 1.807) is 0 Å². The Hall–Kier alpha value is -4.56. The van der Waals surface area contributed by atoms with E-state index < -0.39 is 62.4 Å². The highest BCUT2D eigenvalue weighted by Crippen LogP contribution is 2.38. The molecule has 2 heterocycles. The number of hydrogen-bond donors (Lipinski definition) is 0. The summed E-state index contributed by atoms with van der Waals surface area (Å²) in [5, 5.41) is 11.6. The van der Waals surface area contributed by atoms with Gasteiger partial charge in [0, 0.05) is 25.4 Å². The minimum atomic E-state index is -5.06. The molecule has 0 unspecified atom stereocenters. The monoisotopic (exact) mass is 526 g/mol. The Balaban J connectivity index is 2.22. The van der Waals surface area contributed by atoms with Crippen molar-refractivity contribution in [1.82, 2.24) is 14.1 Å². The second-order valence-electron chi connectivity index (χ2n) is 8.15. The second kappa shape index (κ2) is 9.48. The first-order chi connectivity index (χ1) is 17.0. The molecule has 3 aromatic rings. The van der Waals surface area contributed by atoms with Gasteiger partial charge in [0.25, 0.3) is 11.4 Å². The summed E-state index contributed by atoms with van der Waals surface area (Å²) in [6, 6.07) is 3.64. The van der Waals surface area contributed by atoms with Gasteiger partial charge in [-0.2, -0.15) is 13.2 Å². The Labute approximate surface area is 204 Å². The van der Waals surface area contributed by atoms with Crippen molar-refractivity contribution in [3.05, 3.63) is 79.0 Å². The molecule has 0 atom stereocenters. The molecule has 3 rings (SSSR count). The number of ketones is 1. The van der Waals surface area contributed by atoms with Gasteiger partial charge in [-0.15, -0.1) is 0 Å². The van der Waals surface area contributed by atoms with Gasteiger partial charge < -0.3 is 9.47 Å². The van der Waals surface area contributed by atoms with Crippen LogP contribution in [0.3, 0.4) is 0 Å². The van der Waals surface area contributed by atoms with Gasteiger partial charge in [-0.25, -0.2) is 18.7 Å². The minimum Gasteiger partial charge on any atom is -0.461 e. The molecular weight excluding hydrogens is 508 g/mol. The number of nitrogens with zero attached hydrogens (tertiary/aromatic N) is 4. The van der Waals surface area contributed by atoms with Crippen LogP contribution in [-0.4, -0.2) is 30.4 Å². The molecule has 0 aliphatic heterocycles. The van der Waals surface area contributed by atoms with Gasteiger partial charge in [-0.05, 0) is 32.9 Å². The maximum absolute atomic E-state index is 14.9. The first-order valence-corrected chi connectivity index (χ1v) is 10.3. The smallest absolute Gasteiger partial charge is 0.431 e. The van der Waals surface area contributed by atoms with Crippen molar-refractivity contribution < 1.29 is 36.8 Å². The maximum atomic E-state index is 14.9. The van der Waals surface area contributed by atoms with E-state index in [-0.39, 0.29) is 26.8 Å². The molecule has 15 heteroatoms. The van der Waals surface area contributed by atoms with E-state index in [1.807, 2.05) is 0 Å². The quantitative estimate of drug-likeness (QED) is 0.259. The van der Waals surface area contributed by atoms with E-state index in [9.17, 15) is 42.1 Å². The SMILES string of the molecule is CC(=O)C(C)(C)Oc1ncccc1Oc1cc(-n2c(=O)cc(C(F)(F)F)n(C)c2=O)c(F)cc1[N+](=O)[O-]. The van der Waals surface area contributed by atoms with Crippen molar-refractivity contribution >= 4 is 11.5 Å².